The van der Waals surface area contributed by atoms with E-state index in [2.05, 4.69) is 25.6 Å². The van der Waals surface area contributed by atoms with Gasteiger partial charge in [-0.15, -0.1) is 0 Å². The molecule has 1 aliphatic carbocycles. The van der Waals surface area contributed by atoms with Gasteiger partial charge in [0.15, 0.2) is 17.2 Å². The number of aliphatic hydroxyl groups is 1. The van der Waals surface area contributed by atoms with Crippen molar-refractivity contribution in [2.45, 2.75) is 43.2 Å². The predicted octanol–water partition coefficient (Wildman–Crippen LogP) is 5.78. The second-order valence-electron chi connectivity index (χ2n) is 11.1. The third kappa shape index (κ3) is 6.63. The largest absolute Gasteiger partial charge is 0.493 e. The Morgan fingerprint density at radius 2 is 2.00 bits per heavy atom. The molecule has 2 aliphatic rings. The molecule has 244 valence electrons. The number of carbonyl (C=O) groups is 1. The number of nitrogens with zero attached hydrogens (tertiary/aromatic N) is 4. The molecular weight excluding hydrogens is 636 g/mol. The molecule has 3 aromatic rings. The molecule has 1 amide bonds. The zero-order valence-corrected chi connectivity index (χ0v) is 25.4. The van der Waals surface area contributed by atoms with Crippen molar-refractivity contribution in [1.82, 2.24) is 15.6 Å². The van der Waals surface area contributed by atoms with E-state index in [-0.39, 0.29) is 64.7 Å². The van der Waals surface area contributed by atoms with Crippen LogP contribution in [0.4, 0.5) is 17.6 Å². The number of alkyl halides is 3. The summed E-state index contributed by atoms with van der Waals surface area (Å²) >= 11 is 5.98. The lowest BCUT2D eigenvalue weighted by Gasteiger charge is -2.32. The van der Waals surface area contributed by atoms with Gasteiger partial charge >= 0.3 is 6.18 Å². The standard InChI is InChI=1S/C30H29ClF4N6O5/c1-28(38-9-10-39-41-36)15-45-26-19(28)13-24(40-25(26)16-3-7-21(32)20(31)11-16)29(43,30(33,34)35)14-37-27(42)17-4-8-22(23(12-17)44-2)46-18-5-6-18/h3-4,7-8,11-13,18,38,43H,5-6,9-10,14-15H2,1-2H3,(H,37,42). The van der Waals surface area contributed by atoms with E-state index in [0.717, 1.165) is 25.0 Å². The first kappa shape index (κ1) is 33.1. The van der Waals surface area contributed by atoms with Crippen molar-refractivity contribution in [3.8, 4) is 28.5 Å². The molecule has 1 fully saturated rings. The fourth-order valence-electron chi connectivity index (χ4n) is 4.93. The summed E-state index contributed by atoms with van der Waals surface area (Å²) in [7, 11) is 1.37. The smallest absolute Gasteiger partial charge is 0.424 e. The highest BCUT2D eigenvalue weighted by Crippen LogP contribution is 2.47. The summed E-state index contributed by atoms with van der Waals surface area (Å²) in [5, 5.41) is 19.8. The molecule has 46 heavy (non-hydrogen) atoms. The molecule has 5 rings (SSSR count). The van der Waals surface area contributed by atoms with Gasteiger partial charge in [0.2, 0.25) is 5.60 Å². The van der Waals surface area contributed by atoms with Gasteiger partial charge < -0.3 is 30.0 Å². The average molecular weight is 665 g/mol. The number of ether oxygens (including phenoxy) is 3. The average Bonchev–Trinajstić information content (AvgIpc) is 3.79. The molecule has 1 aromatic heterocycles. The Balaban J connectivity index is 1.53. The van der Waals surface area contributed by atoms with Crippen molar-refractivity contribution in [1.29, 1.82) is 0 Å². The maximum Gasteiger partial charge on any atom is 0.424 e. The summed E-state index contributed by atoms with van der Waals surface area (Å²) in [5.74, 6) is -0.983. The van der Waals surface area contributed by atoms with Crippen LogP contribution >= 0.6 is 11.6 Å². The van der Waals surface area contributed by atoms with Gasteiger partial charge in [-0.05, 0) is 67.8 Å². The van der Waals surface area contributed by atoms with E-state index in [1.165, 1.54) is 37.4 Å². The number of benzene rings is 2. The number of azide groups is 1. The van der Waals surface area contributed by atoms with Gasteiger partial charge in [-0.2, -0.15) is 13.2 Å². The van der Waals surface area contributed by atoms with E-state index in [4.69, 9.17) is 31.3 Å². The monoisotopic (exact) mass is 664 g/mol. The minimum Gasteiger partial charge on any atom is -0.493 e. The second kappa shape index (κ2) is 12.8. The maximum absolute atomic E-state index is 14.8. The number of amides is 1. The van der Waals surface area contributed by atoms with Crippen LogP contribution in [-0.4, -0.2) is 61.6 Å². The van der Waals surface area contributed by atoms with Crippen LogP contribution in [0, 0.1) is 5.82 Å². The molecule has 2 unspecified atom stereocenters. The Hall–Kier alpha value is -4.30. The van der Waals surface area contributed by atoms with E-state index >= 15 is 0 Å². The maximum atomic E-state index is 14.8. The van der Waals surface area contributed by atoms with Gasteiger partial charge in [0.1, 0.15) is 18.1 Å². The summed E-state index contributed by atoms with van der Waals surface area (Å²) in [6.07, 6.45) is -3.53. The number of carbonyl (C=O) groups excluding carboxylic acids is 1. The molecule has 0 spiro atoms. The highest BCUT2D eigenvalue weighted by Gasteiger charge is 2.57. The van der Waals surface area contributed by atoms with Crippen LogP contribution < -0.4 is 24.8 Å². The van der Waals surface area contributed by atoms with E-state index in [1.807, 2.05) is 0 Å². The van der Waals surface area contributed by atoms with E-state index in [9.17, 15) is 27.5 Å². The zero-order valence-electron chi connectivity index (χ0n) is 24.6. The highest BCUT2D eigenvalue weighted by atomic mass is 35.5. The molecule has 0 bridgehead atoms. The van der Waals surface area contributed by atoms with Gasteiger partial charge in [-0.25, -0.2) is 9.37 Å². The lowest BCUT2D eigenvalue weighted by molar-refractivity contribution is -0.265. The van der Waals surface area contributed by atoms with Crippen molar-refractivity contribution < 1.29 is 41.7 Å². The molecule has 2 aromatic carbocycles. The van der Waals surface area contributed by atoms with Crippen molar-refractivity contribution in [2.24, 2.45) is 5.11 Å². The van der Waals surface area contributed by atoms with Gasteiger partial charge in [-0.1, -0.05) is 16.7 Å². The molecule has 16 heteroatoms. The lowest BCUT2D eigenvalue weighted by Crippen LogP contribution is -2.52. The molecule has 1 aliphatic heterocycles. The molecule has 2 atom stereocenters. The predicted molar refractivity (Wildman–Crippen MR) is 158 cm³/mol. The Morgan fingerprint density at radius 1 is 1.24 bits per heavy atom. The minimum absolute atomic E-state index is 0.0294. The number of pyridine rings is 1. The Labute approximate surface area is 265 Å². The highest BCUT2D eigenvalue weighted by molar-refractivity contribution is 6.31. The van der Waals surface area contributed by atoms with E-state index < -0.39 is 41.3 Å². The summed E-state index contributed by atoms with van der Waals surface area (Å²) < 4.78 is 75.3. The number of hydrogen-bond donors (Lipinski definition) is 3. The first-order valence-corrected chi connectivity index (χ1v) is 14.5. The van der Waals surface area contributed by atoms with Crippen LogP contribution in [0.3, 0.4) is 0 Å². The van der Waals surface area contributed by atoms with Crippen LogP contribution in [0.25, 0.3) is 21.7 Å². The summed E-state index contributed by atoms with van der Waals surface area (Å²) in [6.45, 7) is 0.464. The van der Waals surface area contributed by atoms with E-state index in [0.29, 0.717) is 5.75 Å². The quantitative estimate of drug-likeness (QED) is 0.0730. The van der Waals surface area contributed by atoms with E-state index in [1.54, 1.807) is 6.92 Å². The molecule has 0 saturated heterocycles. The van der Waals surface area contributed by atoms with Crippen molar-refractivity contribution in [3.05, 3.63) is 80.6 Å². The first-order valence-electron chi connectivity index (χ1n) is 14.1. The Kier molecular flexibility index (Phi) is 9.23. The lowest BCUT2D eigenvalue weighted by atomic mass is 9.88. The van der Waals surface area contributed by atoms with Crippen LogP contribution in [0.15, 0.2) is 47.6 Å². The topological polar surface area (TPSA) is 151 Å². The second-order valence-corrected chi connectivity index (χ2v) is 11.5. The van der Waals surface area contributed by atoms with Gasteiger partial charge in [0, 0.05) is 34.7 Å². The number of nitrogens with one attached hydrogen (secondary N) is 2. The fraction of sp³-hybridized carbons (Fsp3) is 0.400. The summed E-state index contributed by atoms with van der Waals surface area (Å²) in [6, 6.07) is 8.70. The number of hydrogen-bond acceptors (Lipinski definition) is 8. The molecular formula is C30H29ClF4N6O5. The van der Waals surface area contributed by atoms with Crippen molar-refractivity contribution in [3.63, 3.8) is 0 Å². The zero-order chi connectivity index (χ0) is 33.3. The molecule has 0 radical (unpaired) electrons. The SMILES string of the molecule is COc1cc(C(=O)NCC(O)(c2cc3c(c(-c4ccc(F)c(Cl)c4)n2)OCC3(C)NCCN=[N+]=[N-])C(F)(F)F)ccc1OC1CC1. The van der Waals surface area contributed by atoms with Gasteiger partial charge in [0.25, 0.3) is 5.91 Å². The molecule has 2 heterocycles. The number of halogens is 5. The normalized spacial score (nSPS) is 18.5. The van der Waals surface area contributed by atoms with Crippen LogP contribution in [-0.2, 0) is 11.1 Å². The summed E-state index contributed by atoms with van der Waals surface area (Å²) in [4.78, 5) is 19.9. The first-order chi connectivity index (χ1) is 21.8. The molecule has 11 nitrogen and oxygen atoms in total. The van der Waals surface area contributed by atoms with Crippen LogP contribution in [0.2, 0.25) is 5.02 Å². The number of fused-ring (bicyclic) bond motifs is 1. The number of aromatic nitrogens is 1. The Morgan fingerprint density at radius 3 is 2.65 bits per heavy atom. The van der Waals surface area contributed by atoms with Crippen LogP contribution in [0.1, 0.15) is 41.4 Å². The number of rotatable bonds is 12. The number of methoxy groups -OCH3 is 1. The molecule has 3 N–H and O–H groups in total. The van der Waals surface area contributed by atoms with Crippen molar-refractivity contribution in [2.75, 3.05) is 33.4 Å². The third-order valence-electron chi connectivity index (χ3n) is 7.70. The van der Waals surface area contributed by atoms with Crippen LogP contribution in [0.5, 0.6) is 17.2 Å². The van der Waals surface area contributed by atoms with Crippen molar-refractivity contribution >= 4 is 17.5 Å². The third-order valence-corrected chi connectivity index (χ3v) is 7.99. The Bertz CT molecular complexity index is 1700. The fourth-order valence-corrected chi connectivity index (χ4v) is 5.11. The molecule has 1 saturated carbocycles. The minimum atomic E-state index is -5.33. The van der Waals surface area contributed by atoms with Gasteiger partial charge in [0.05, 0.1) is 36.0 Å². The summed E-state index contributed by atoms with van der Waals surface area (Å²) in [5.41, 5.74) is 3.09. The van der Waals surface area contributed by atoms with Gasteiger partial charge in [-0.3, -0.25) is 4.79 Å².